The van der Waals surface area contributed by atoms with Gasteiger partial charge in [0.2, 0.25) is 5.91 Å². The van der Waals surface area contributed by atoms with Gasteiger partial charge in [-0.1, -0.05) is 11.6 Å². The van der Waals surface area contributed by atoms with E-state index in [1.54, 1.807) is 7.11 Å². The molecular weight excluding hydrogens is 368 g/mol. The summed E-state index contributed by atoms with van der Waals surface area (Å²) in [4.78, 5) is 17.2. The van der Waals surface area contributed by atoms with Crippen molar-refractivity contribution in [1.82, 2.24) is 25.1 Å². The van der Waals surface area contributed by atoms with Gasteiger partial charge in [0.05, 0.1) is 17.8 Å². The first kappa shape index (κ1) is 18.0. The molecule has 0 spiro atoms. The monoisotopic (exact) mass is 390 g/mol. The molecule has 9 heteroatoms. The van der Waals surface area contributed by atoms with E-state index in [9.17, 15) is 4.79 Å². The third-order valence-corrected chi connectivity index (χ3v) is 5.77. The first-order valence-electron chi connectivity index (χ1n) is 9.28. The van der Waals surface area contributed by atoms with Gasteiger partial charge in [0.15, 0.2) is 5.82 Å². The number of tetrazole rings is 1. The van der Waals surface area contributed by atoms with Crippen LogP contribution in [0.1, 0.15) is 18.7 Å². The maximum atomic E-state index is 13.0. The van der Waals surface area contributed by atoms with E-state index < -0.39 is 0 Å². The molecule has 8 nitrogen and oxygen atoms in total. The third kappa shape index (κ3) is 3.71. The molecule has 1 aromatic carbocycles. The molecule has 2 aromatic rings. The molecule has 1 aromatic heterocycles. The highest BCUT2D eigenvalue weighted by Gasteiger charge is 2.30. The van der Waals surface area contributed by atoms with Gasteiger partial charge in [-0.05, 0) is 35.4 Å². The van der Waals surface area contributed by atoms with Crippen molar-refractivity contribution < 1.29 is 9.53 Å². The molecule has 1 atom stereocenters. The second-order valence-corrected chi connectivity index (χ2v) is 7.38. The summed E-state index contributed by atoms with van der Waals surface area (Å²) >= 11 is 6.36. The lowest BCUT2D eigenvalue weighted by molar-refractivity contribution is -0.136. The number of amides is 1. The van der Waals surface area contributed by atoms with Crippen LogP contribution in [0.3, 0.4) is 0 Å². The number of ether oxygens (including phenoxy) is 1. The van der Waals surface area contributed by atoms with Gasteiger partial charge < -0.3 is 14.5 Å². The topological polar surface area (TPSA) is 76.4 Å². The Kier molecular flexibility index (Phi) is 5.15. The molecule has 2 aliphatic rings. The first-order chi connectivity index (χ1) is 13.2. The average Bonchev–Trinajstić information content (AvgIpc) is 3.06. The smallest absolute Gasteiger partial charge is 0.225 e. The van der Waals surface area contributed by atoms with Crippen LogP contribution in [-0.2, 0) is 17.8 Å². The zero-order valence-electron chi connectivity index (χ0n) is 15.3. The molecule has 0 bridgehead atoms. The van der Waals surface area contributed by atoms with Crippen LogP contribution in [0.2, 0.25) is 5.02 Å². The number of aromatic nitrogens is 4. The number of halogens is 1. The van der Waals surface area contributed by atoms with Gasteiger partial charge in [-0.3, -0.25) is 4.79 Å². The Morgan fingerprint density at radius 3 is 2.78 bits per heavy atom. The van der Waals surface area contributed by atoms with Crippen molar-refractivity contribution in [2.24, 2.45) is 5.92 Å². The molecule has 2 aliphatic heterocycles. The molecule has 0 N–H and O–H groups in total. The van der Waals surface area contributed by atoms with E-state index in [1.807, 2.05) is 27.8 Å². The number of hydrogen-bond acceptors (Lipinski definition) is 6. The maximum absolute atomic E-state index is 13.0. The Morgan fingerprint density at radius 1 is 1.19 bits per heavy atom. The van der Waals surface area contributed by atoms with Gasteiger partial charge in [0, 0.05) is 51.1 Å². The predicted octanol–water partition coefficient (Wildman–Crippen LogP) is 1.64. The number of piperazine rings is 1. The first-order valence-corrected chi connectivity index (χ1v) is 9.66. The van der Waals surface area contributed by atoms with E-state index in [-0.39, 0.29) is 11.8 Å². The van der Waals surface area contributed by atoms with Gasteiger partial charge in [-0.15, -0.1) is 5.10 Å². The largest absolute Gasteiger partial charge is 0.497 e. The van der Waals surface area contributed by atoms with Crippen molar-refractivity contribution in [2.45, 2.75) is 25.8 Å². The molecule has 27 heavy (non-hydrogen) atoms. The minimum absolute atomic E-state index is 0.0282. The highest BCUT2D eigenvalue weighted by Crippen LogP contribution is 2.31. The zero-order chi connectivity index (χ0) is 18.8. The van der Waals surface area contributed by atoms with E-state index >= 15 is 0 Å². The van der Waals surface area contributed by atoms with Crippen LogP contribution in [-0.4, -0.2) is 64.3 Å². The molecule has 1 fully saturated rings. The molecule has 0 radical (unpaired) electrons. The van der Waals surface area contributed by atoms with Crippen LogP contribution in [0.4, 0.5) is 5.69 Å². The van der Waals surface area contributed by atoms with E-state index in [0.29, 0.717) is 24.7 Å². The molecule has 144 valence electrons. The van der Waals surface area contributed by atoms with Crippen molar-refractivity contribution in [3.63, 3.8) is 0 Å². The van der Waals surface area contributed by atoms with Crippen LogP contribution >= 0.6 is 11.6 Å². The lowest BCUT2D eigenvalue weighted by Gasteiger charge is -2.38. The summed E-state index contributed by atoms with van der Waals surface area (Å²) in [6.07, 6.45) is 2.35. The van der Waals surface area contributed by atoms with Crippen molar-refractivity contribution in [1.29, 1.82) is 0 Å². The van der Waals surface area contributed by atoms with E-state index in [2.05, 4.69) is 20.4 Å². The predicted molar refractivity (Wildman–Crippen MR) is 101 cm³/mol. The van der Waals surface area contributed by atoms with Crippen LogP contribution in [0.25, 0.3) is 0 Å². The number of carbonyl (C=O) groups excluding carboxylic acids is 1. The Labute approximate surface area is 163 Å². The van der Waals surface area contributed by atoms with Gasteiger partial charge in [-0.25, -0.2) is 4.68 Å². The minimum Gasteiger partial charge on any atom is -0.497 e. The fraction of sp³-hybridized carbons (Fsp3) is 0.556. The number of nitrogens with zero attached hydrogens (tertiary/aromatic N) is 6. The summed E-state index contributed by atoms with van der Waals surface area (Å²) in [6.45, 7) is 3.63. The van der Waals surface area contributed by atoms with Crippen LogP contribution in [0, 0.1) is 5.92 Å². The van der Waals surface area contributed by atoms with Crippen LogP contribution in [0.5, 0.6) is 5.75 Å². The van der Waals surface area contributed by atoms with E-state index in [4.69, 9.17) is 16.3 Å². The Bertz CT molecular complexity index is 795. The molecule has 4 rings (SSSR count). The number of methoxy groups -OCH3 is 1. The van der Waals surface area contributed by atoms with Gasteiger partial charge in [0.1, 0.15) is 5.75 Å². The number of benzene rings is 1. The highest BCUT2D eigenvalue weighted by molar-refractivity contribution is 6.33. The minimum atomic E-state index is 0.0282. The quantitative estimate of drug-likeness (QED) is 0.793. The summed E-state index contributed by atoms with van der Waals surface area (Å²) in [5, 5.41) is 12.4. The van der Waals surface area contributed by atoms with Crippen molar-refractivity contribution in [3.8, 4) is 5.75 Å². The average molecular weight is 391 g/mol. The van der Waals surface area contributed by atoms with Crippen molar-refractivity contribution in [2.75, 3.05) is 38.2 Å². The number of anilines is 1. The fourth-order valence-electron chi connectivity index (χ4n) is 3.84. The lowest BCUT2D eigenvalue weighted by Crippen LogP contribution is -2.50. The van der Waals surface area contributed by atoms with Crippen molar-refractivity contribution >= 4 is 23.2 Å². The van der Waals surface area contributed by atoms with E-state index in [1.165, 1.54) is 0 Å². The molecule has 3 heterocycles. The molecule has 1 saturated heterocycles. The van der Waals surface area contributed by atoms with Crippen LogP contribution in [0.15, 0.2) is 18.2 Å². The molecule has 0 aliphatic carbocycles. The summed E-state index contributed by atoms with van der Waals surface area (Å²) in [5.74, 6) is 1.93. The third-order valence-electron chi connectivity index (χ3n) is 5.45. The molecule has 1 unspecified atom stereocenters. The Balaban J connectivity index is 1.36. The summed E-state index contributed by atoms with van der Waals surface area (Å²) in [7, 11) is 1.65. The number of rotatable bonds is 3. The number of aryl methyl sites for hydroxylation is 2. The van der Waals surface area contributed by atoms with Crippen LogP contribution < -0.4 is 9.64 Å². The van der Waals surface area contributed by atoms with E-state index in [0.717, 1.165) is 49.6 Å². The standard InChI is InChI=1S/C18H23ClN6O2/c1-27-14-3-4-15(19)16(12-14)23-8-10-24(11-9-23)18(26)13-2-5-17-20-21-22-25(17)7-6-13/h3-4,12-13H,2,5-11H2,1H3. The van der Waals surface area contributed by atoms with Crippen molar-refractivity contribution in [3.05, 3.63) is 29.0 Å². The Morgan fingerprint density at radius 2 is 2.00 bits per heavy atom. The fourth-order valence-corrected chi connectivity index (χ4v) is 4.07. The van der Waals surface area contributed by atoms with Gasteiger partial charge in [-0.2, -0.15) is 0 Å². The lowest BCUT2D eigenvalue weighted by atomic mass is 9.98. The number of hydrogen-bond donors (Lipinski definition) is 0. The summed E-state index contributed by atoms with van der Waals surface area (Å²) in [6, 6.07) is 5.66. The summed E-state index contributed by atoms with van der Waals surface area (Å²) in [5.41, 5.74) is 0.960. The Hall–Kier alpha value is -2.35. The summed E-state index contributed by atoms with van der Waals surface area (Å²) < 4.78 is 7.12. The number of carbonyl (C=O) groups is 1. The normalized spacial score (nSPS) is 20.1. The highest BCUT2D eigenvalue weighted by atomic mass is 35.5. The van der Waals surface area contributed by atoms with Gasteiger partial charge >= 0.3 is 0 Å². The maximum Gasteiger partial charge on any atom is 0.225 e. The molecule has 0 saturated carbocycles. The zero-order valence-corrected chi connectivity index (χ0v) is 16.1. The second-order valence-electron chi connectivity index (χ2n) is 6.97. The molecular formula is C18H23ClN6O2. The molecule has 1 amide bonds. The number of fused-ring (bicyclic) bond motifs is 1. The second kappa shape index (κ2) is 7.72. The van der Waals surface area contributed by atoms with Gasteiger partial charge in [0.25, 0.3) is 0 Å². The SMILES string of the molecule is COc1ccc(Cl)c(N2CCN(C(=O)C3CCc4nnnn4CC3)CC2)c1.